The first kappa shape index (κ1) is 19.9. The van der Waals surface area contributed by atoms with E-state index in [2.05, 4.69) is 10.3 Å². The molecule has 6 nitrogen and oxygen atoms in total. The van der Waals surface area contributed by atoms with Crippen molar-refractivity contribution in [2.24, 2.45) is 0 Å². The molecule has 1 amide bonds. The molecule has 0 spiro atoms. The average molecular weight is 376 g/mol. The molecule has 1 N–H and O–H groups in total. The van der Waals surface area contributed by atoms with Crippen LogP contribution in [0.3, 0.4) is 0 Å². The van der Waals surface area contributed by atoms with Crippen LogP contribution in [0.15, 0.2) is 23.6 Å². The number of amides is 1. The number of Topliss-reactive ketones (excluding diaryl/α,β-unsaturated/α-hetero) is 1. The maximum atomic E-state index is 11.8. The Bertz CT molecular complexity index is 758. The Morgan fingerprint density at radius 2 is 2.08 bits per heavy atom. The Morgan fingerprint density at radius 1 is 1.27 bits per heavy atom. The standard InChI is InChI=1S/C19H24N2O4S/c1-13(22)15-6-7-17(18(11-15)24-3)25-10-4-5-19(23)20-9-8-16-12-26-14(2)21-16/h6-7,11-12H,4-5,8-10H2,1-3H3,(H,20,23). The van der Waals surface area contributed by atoms with Gasteiger partial charge >= 0.3 is 0 Å². The average Bonchev–Trinajstić information content (AvgIpc) is 3.03. The molecule has 2 rings (SSSR count). The van der Waals surface area contributed by atoms with Crippen molar-refractivity contribution in [3.8, 4) is 11.5 Å². The lowest BCUT2D eigenvalue weighted by Gasteiger charge is -2.11. The number of ketones is 1. The molecule has 1 heterocycles. The van der Waals surface area contributed by atoms with E-state index in [-0.39, 0.29) is 11.7 Å². The molecule has 0 fully saturated rings. The van der Waals surface area contributed by atoms with Crippen molar-refractivity contribution in [1.82, 2.24) is 10.3 Å². The van der Waals surface area contributed by atoms with Gasteiger partial charge in [-0.25, -0.2) is 4.98 Å². The molecular weight excluding hydrogens is 352 g/mol. The zero-order valence-corrected chi connectivity index (χ0v) is 16.1. The van der Waals surface area contributed by atoms with Gasteiger partial charge in [-0.15, -0.1) is 11.3 Å². The number of carbonyl (C=O) groups is 2. The molecule has 7 heteroatoms. The number of carbonyl (C=O) groups excluding carboxylic acids is 2. The zero-order valence-electron chi connectivity index (χ0n) is 15.3. The van der Waals surface area contributed by atoms with Crippen molar-refractivity contribution >= 4 is 23.0 Å². The van der Waals surface area contributed by atoms with Gasteiger partial charge in [-0.2, -0.15) is 0 Å². The number of aryl methyl sites for hydroxylation is 1. The maximum absolute atomic E-state index is 11.8. The number of nitrogens with zero attached hydrogens (tertiary/aromatic N) is 1. The van der Waals surface area contributed by atoms with Gasteiger partial charge in [0.15, 0.2) is 17.3 Å². The third-order valence-electron chi connectivity index (χ3n) is 3.75. The van der Waals surface area contributed by atoms with E-state index in [0.717, 1.165) is 17.1 Å². The van der Waals surface area contributed by atoms with E-state index in [1.807, 2.05) is 12.3 Å². The molecule has 0 aliphatic heterocycles. The first-order chi connectivity index (χ1) is 12.5. The van der Waals surface area contributed by atoms with Crippen molar-refractivity contribution in [3.05, 3.63) is 39.8 Å². The van der Waals surface area contributed by atoms with Crippen LogP contribution in [0.4, 0.5) is 0 Å². The Hall–Kier alpha value is -2.41. The molecule has 0 unspecified atom stereocenters. The van der Waals surface area contributed by atoms with E-state index in [1.54, 1.807) is 29.5 Å². The summed E-state index contributed by atoms with van der Waals surface area (Å²) >= 11 is 1.61. The Kier molecular flexibility index (Phi) is 7.59. The number of ether oxygens (including phenoxy) is 2. The van der Waals surface area contributed by atoms with Gasteiger partial charge in [-0.1, -0.05) is 0 Å². The summed E-state index contributed by atoms with van der Waals surface area (Å²) in [7, 11) is 1.53. The van der Waals surface area contributed by atoms with Crippen molar-refractivity contribution in [3.63, 3.8) is 0 Å². The van der Waals surface area contributed by atoms with Crippen molar-refractivity contribution in [2.75, 3.05) is 20.3 Å². The lowest BCUT2D eigenvalue weighted by molar-refractivity contribution is -0.121. The Labute approximate surface area is 157 Å². The molecule has 0 saturated heterocycles. The fourth-order valence-electron chi connectivity index (χ4n) is 2.36. The van der Waals surface area contributed by atoms with Gasteiger partial charge in [0.1, 0.15) is 0 Å². The van der Waals surface area contributed by atoms with Gasteiger partial charge in [0.2, 0.25) is 5.91 Å². The monoisotopic (exact) mass is 376 g/mol. The summed E-state index contributed by atoms with van der Waals surface area (Å²) in [4.78, 5) is 27.6. The van der Waals surface area contributed by atoms with Crippen molar-refractivity contribution in [1.29, 1.82) is 0 Å². The molecule has 26 heavy (non-hydrogen) atoms. The van der Waals surface area contributed by atoms with Gasteiger partial charge in [-0.05, 0) is 38.5 Å². The highest BCUT2D eigenvalue weighted by Gasteiger charge is 2.09. The molecule has 2 aromatic rings. The minimum Gasteiger partial charge on any atom is -0.493 e. The second-order valence-corrected chi connectivity index (χ2v) is 6.89. The first-order valence-electron chi connectivity index (χ1n) is 8.49. The normalized spacial score (nSPS) is 10.4. The van der Waals surface area contributed by atoms with Crippen LogP contribution in [0.2, 0.25) is 0 Å². The van der Waals surface area contributed by atoms with E-state index in [1.165, 1.54) is 14.0 Å². The van der Waals surface area contributed by atoms with Gasteiger partial charge in [0, 0.05) is 30.3 Å². The van der Waals surface area contributed by atoms with Gasteiger partial charge in [0.25, 0.3) is 0 Å². The zero-order chi connectivity index (χ0) is 18.9. The lowest BCUT2D eigenvalue weighted by Crippen LogP contribution is -2.25. The quantitative estimate of drug-likeness (QED) is 0.509. The van der Waals surface area contributed by atoms with Crippen LogP contribution in [0.1, 0.15) is 40.8 Å². The second kappa shape index (κ2) is 9.91. The van der Waals surface area contributed by atoms with Crippen LogP contribution in [0.25, 0.3) is 0 Å². The van der Waals surface area contributed by atoms with Crippen LogP contribution in [0.5, 0.6) is 11.5 Å². The number of methoxy groups -OCH3 is 1. The third kappa shape index (κ3) is 6.15. The predicted molar refractivity (Wildman–Crippen MR) is 101 cm³/mol. The van der Waals surface area contributed by atoms with Gasteiger partial charge in [0.05, 0.1) is 24.4 Å². The molecule has 0 saturated carbocycles. The van der Waals surface area contributed by atoms with Crippen LogP contribution in [-0.2, 0) is 11.2 Å². The highest BCUT2D eigenvalue weighted by Crippen LogP contribution is 2.28. The molecule has 1 aromatic carbocycles. The number of aromatic nitrogens is 1. The molecule has 0 aliphatic carbocycles. The van der Waals surface area contributed by atoms with Crippen LogP contribution < -0.4 is 14.8 Å². The molecule has 0 atom stereocenters. The molecular formula is C19H24N2O4S. The van der Waals surface area contributed by atoms with E-state index in [0.29, 0.717) is 43.1 Å². The number of nitrogens with one attached hydrogen (secondary N) is 1. The fourth-order valence-corrected chi connectivity index (χ4v) is 3.01. The topological polar surface area (TPSA) is 77.5 Å². The second-order valence-electron chi connectivity index (χ2n) is 5.83. The lowest BCUT2D eigenvalue weighted by atomic mass is 10.1. The molecule has 140 valence electrons. The summed E-state index contributed by atoms with van der Waals surface area (Å²) in [6.07, 6.45) is 1.73. The molecule has 1 aromatic heterocycles. The summed E-state index contributed by atoms with van der Waals surface area (Å²) in [5.74, 6) is 1.05. The minimum atomic E-state index is -0.0284. The van der Waals surface area contributed by atoms with Crippen molar-refractivity contribution in [2.45, 2.75) is 33.1 Å². The Morgan fingerprint density at radius 3 is 2.73 bits per heavy atom. The van der Waals surface area contributed by atoms with Crippen LogP contribution in [-0.4, -0.2) is 36.9 Å². The predicted octanol–water partition coefficient (Wildman–Crippen LogP) is 3.18. The third-order valence-corrected chi connectivity index (χ3v) is 4.57. The summed E-state index contributed by atoms with van der Waals surface area (Å²) in [6.45, 7) is 4.45. The number of benzene rings is 1. The van der Waals surface area contributed by atoms with E-state index < -0.39 is 0 Å². The summed E-state index contributed by atoms with van der Waals surface area (Å²) in [5, 5.41) is 5.94. The van der Waals surface area contributed by atoms with Crippen LogP contribution >= 0.6 is 11.3 Å². The first-order valence-corrected chi connectivity index (χ1v) is 9.37. The number of thiazole rings is 1. The number of hydrogen-bond acceptors (Lipinski definition) is 6. The highest BCUT2D eigenvalue weighted by atomic mass is 32.1. The van der Waals surface area contributed by atoms with E-state index in [4.69, 9.17) is 9.47 Å². The number of hydrogen-bond donors (Lipinski definition) is 1. The largest absolute Gasteiger partial charge is 0.493 e. The SMILES string of the molecule is COc1cc(C(C)=O)ccc1OCCCC(=O)NCCc1csc(C)n1. The smallest absolute Gasteiger partial charge is 0.220 e. The highest BCUT2D eigenvalue weighted by molar-refractivity contribution is 7.09. The van der Waals surface area contributed by atoms with E-state index >= 15 is 0 Å². The Balaban J connectivity index is 1.68. The van der Waals surface area contributed by atoms with Crippen molar-refractivity contribution < 1.29 is 19.1 Å². The van der Waals surface area contributed by atoms with Gasteiger partial charge in [-0.3, -0.25) is 9.59 Å². The molecule has 0 radical (unpaired) electrons. The van der Waals surface area contributed by atoms with Crippen LogP contribution in [0, 0.1) is 6.92 Å². The summed E-state index contributed by atoms with van der Waals surface area (Å²) in [6, 6.07) is 5.07. The molecule has 0 bridgehead atoms. The summed E-state index contributed by atoms with van der Waals surface area (Å²) < 4.78 is 10.9. The molecule has 0 aliphatic rings. The summed E-state index contributed by atoms with van der Waals surface area (Å²) in [5.41, 5.74) is 1.58. The fraction of sp³-hybridized carbons (Fsp3) is 0.421. The van der Waals surface area contributed by atoms with Gasteiger partial charge < -0.3 is 14.8 Å². The van der Waals surface area contributed by atoms with E-state index in [9.17, 15) is 9.59 Å². The maximum Gasteiger partial charge on any atom is 0.220 e. The number of rotatable bonds is 10. The minimum absolute atomic E-state index is 0.000515.